The summed E-state index contributed by atoms with van der Waals surface area (Å²) in [6.45, 7) is 1.80. The van der Waals surface area contributed by atoms with Crippen molar-refractivity contribution < 1.29 is 23.9 Å². The van der Waals surface area contributed by atoms with Crippen LogP contribution in [-0.2, 0) is 9.59 Å². The molecule has 0 heterocycles. The number of aliphatic carboxylic acids is 1. The minimum atomic E-state index is -1.01. The zero-order chi connectivity index (χ0) is 17.7. The summed E-state index contributed by atoms with van der Waals surface area (Å²) in [5.41, 5.74) is 0.349. The van der Waals surface area contributed by atoms with Crippen molar-refractivity contribution in [3.05, 3.63) is 35.6 Å². The van der Waals surface area contributed by atoms with E-state index >= 15 is 0 Å². The number of nitrogens with zero attached hydrogens (tertiary/aromatic N) is 1. The third-order valence-corrected chi connectivity index (χ3v) is 3.96. The molecule has 1 aromatic carbocycles. The van der Waals surface area contributed by atoms with Crippen LogP contribution in [0.25, 0.3) is 0 Å². The maximum Gasteiger partial charge on any atom is 0.326 e. The van der Waals surface area contributed by atoms with Gasteiger partial charge in [0, 0.05) is 24.6 Å². The third-order valence-electron chi connectivity index (χ3n) is 3.96. The quantitative estimate of drug-likeness (QED) is 0.709. The third kappa shape index (κ3) is 4.78. The molecule has 1 unspecified atom stereocenters. The molecular formula is C17H21FN2O4. The van der Waals surface area contributed by atoms with Gasteiger partial charge in [0.15, 0.2) is 0 Å². The Labute approximate surface area is 139 Å². The van der Waals surface area contributed by atoms with Crippen LogP contribution in [0.1, 0.15) is 43.0 Å². The number of carbonyl (C=O) groups excluding carboxylic acids is 2. The first-order valence-corrected chi connectivity index (χ1v) is 7.98. The van der Waals surface area contributed by atoms with Crippen LogP contribution in [0.2, 0.25) is 0 Å². The first-order chi connectivity index (χ1) is 11.4. The fourth-order valence-corrected chi connectivity index (χ4v) is 2.48. The summed E-state index contributed by atoms with van der Waals surface area (Å²) < 4.78 is 12.8. The molecule has 1 saturated carbocycles. The molecule has 1 aromatic rings. The standard InChI is InChI=1S/C17H21FN2O4/c1-11(17(23)24)20(14-8-9-14)15(21)3-2-10-19-16(22)12-4-6-13(18)7-5-12/h4-7,11,14H,2-3,8-10H2,1H3,(H,19,22)(H,23,24). The van der Waals surface area contributed by atoms with E-state index in [4.69, 9.17) is 5.11 Å². The SMILES string of the molecule is CC(C(=O)O)N(C(=O)CCCNC(=O)c1ccc(F)cc1)C1CC1. The van der Waals surface area contributed by atoms with E-state index in [1.807, 2.05) is 0 Å². The van der Waals surface area contributed by atoms with E-state index in [1.165, 1.54) is 36.1 Å². The van der Waals surface area contributed by atoms with Gasteiger partial charge in [0.05, 0.1) is 0 Å². The van der Waals surface area contributed by atoms with Crippen molar-refractivity contribution in [2.45, 2.75) is 44.7 Å². The fraction of sp³-hybridized carbons (Fsp3) is 0.471. The van der Waals surface area contributed by atoms with Crippen LogP contribution in [-0.4, -0.2) is 46.4 Å². The van der Waals surface area contributed by atoms with Gasteiger partial charge in [0.1, 0.15) is 11.9 Å². The average Bonchev–Trinajstić information content (AvgIpc) is 3.36. The lowest BCUT2D eigenvalue weighted by Crippen LogP contribution is -2.44. The molecule has 1 aliphatic carbocycles. The molecule has 0 saturated heterocycles. The van der Waals surface area contributed by atoms with Crippen molar-refractivity contribution in [1.29, 1.82) is 0 Å². The van der Waals surface area contributed by atoms with Gasteiger partial charge in [-0.1, -0.05) is 0 Å². The van der Waals surface area contributed by atoms with Crippen molar-refractivity contribution in [2.24, 2.45) is 0 Å². The van der Waals surface area contributed by atoms with Crippen molar-refractivity contribution >= 4 is 17.8 Å². The van der Waals surface area contributed by atoms with E-state index in [0.717, 1.165) is 12.8 Å². The highest BCUT2D eigenvalue weighted by molar-refractivity contribution is 5.94. The molecule has 6 nitrogen and oxygen atoms in total. The van der Waals surface area contributed by atoms with Gasteiger partial charge in [-0.05, 0) is 50.5 Å². The number of halogens is 1. The Balaban J connectivity index is 1.76. The van der Waals surface area contributed by atoms with Crippen LogP contribution in [0.15, 0.2) is 24.3 Å². The molecule has 24 heavy (non-hydrogen) atoms. The second-order valence-electron chi connectivity index (χ2n) is 5.91. The van der Waals surface area contributed by atoms with E-state index < -0.39 is 17.8 Å². The predicted octanol–water partition coefficient (Wildman–Crippen LogP) is 1.80. The van der Waals surface area contributed by atoms with Crippen molar-refractivity contribution in [3.63, 3.8) is 0 Å². The lowest BCUT2D eigenvalue weighted by atomic mass is 10.2. The van der Waals surface area contributed by atoms with Gasteiger partial charge in [-0.3, -0.25) is 9.59 Å². The smallest absolute Gasteiger partial charge is 0.326 e. The first kappa shape index (κ1) is 17.9. The summed E-state index contributed by atoms with van der Waals surface area (Å²) in [6, 6.07) is 4.38. The Kier molecular flexibility index (Phi) is 5.89. The van der Waals surface area contributed by atoms with Crippen molar-refractivity contribution in [3.8, 4) is 0 Å². The second-order valence-corrected chi connectivity index (χ2v) is 5.91. The van der Waals surface area contributed by atoms with Crippen molar-refractivity contribution in [2.75, 3.05) is 6.54 Å². The lowest BCUT2D eigenvalue weighted by Gasteiger charge is -2.26. The molecule has 7 heteroatoms. The van der Waals surface area contributed by atoms with Gasteiger partial charge >= 0.3 is 5.97 Å². The van der Waals surface area contributed by atoms with Crippen LogP contribution in [0.4, 0.5) is 4.39 Å². The van der Waals surface area contributed by atoms with Gasteiger partial charge < -0.3 is 15.3 Å². The van der Waals surface area contributed by atoms with E-state index in [-0.39, 0.29) is 24.3 Å². The Morgan fingerprint density at radius 2 is 1.92 bits per heavy atom. The number of benzene rings is 1. The van der Waals surface area contributed by atoms with Gasteiger partial charge in [0.2, 0.25) is 5.91 Å². The van der Waals surface area contributed by atoms with E-state index in [0.29, 0.717) is 18.5 Å². The highest BCUT2D eigenvalue weighted by Gasteiger charge is 2.37. The Bertz CT molecular complexity index is 614. The molecule has 2 rings (SSSR count). The predicted molar refractivity (Wildman–Crippen MR) is 84.9 cm³/mol. The van der Waals surface area contributed by atoms with Gasteiger partial charge in [-0.2, -0.15) is 0 Å². The van der Waals surface area contributed by atoms with Crippen LogP contribution in [0.5, 0.6) is 0 Å². The number of carboxylic acids is 1. The Morgan fingerprint density at radius 1 is 1.29 bits per heavy atom. The van der Waals surface area contributed by atoms with Crippen LogP contribution >= 0.6 is 0 Å². The largest absolute Gasteiger partial charge is 0.480 e. The topological polar surface area (TPSA) is 86.7 Å². The number of rotatable bonds is 8. The summed E-state index contributed by atoms with van der Waals surface area (Å²) in [5, 5.41) is 11.8. The minimum absolute atomic E-state index is 0.0254. The number of hydrogen-bond donors (Lipinski definition) is 2. The molecule has 2 amide bonds. The zero-order valence-corrected chi connectivity index (χ0v) is 13.5. The molecule has 1 fully saturated rings. The normalized spacial score (nSPS) is 14.8. The highest BCUT2D eigenvalue weighted by atomic mass is 19.1. The second kappa shape index (κ2) is 7.90. The molecule has 1 atom stereocenters. The number of nitrogens with one attached hydrogen (secondary N) is 1. The monoisotopic (exact) mass is 336 g/mol. The maximum atomic E-state index is 12.8. The zero-order valence-electron chi connectivity index (χ0n) is 13.5. The van der Waals surface area contributed by atoms with Gasteiger partial charge in [-0.15, -0.1) is 0 Å². The number of hydrogen-bond acceptors (Lipinski definition) is 3. The molecule has 0 radical (unpaired) electrons. The number of carbonyl (C=O) groups is 3. The van der Waals surface area contributed by atoms with E-state index in [1.54, 1.807) is 0 Å². The highest BCUT2D eigenvalue weighted by Crippen LogP contribution is 2.29. The van der Waals surface area contributed by atoms with E-state index in [2.05, 4.69) is 5.32 Å². The van der Waals surface area contributed by atoms with Crippen LogP contribution < -0.4 is 5.32 Å². The summed E-state index contributed by atoms with van der Waals surface area (Å²) >= 11 is 0. The molecule has 1 aliphatic rings. The molecular weight excluding hydrogens is 315 g/mol. The van der Waals surface area contributed by atoms with Crippen LogP contribution in [0.3, 0.4) is 0 Å². The van der Waals surface area contributed by atoms with Gasteiger partial charge in [-0.25, -0.2) is 9.18 Å². The molecule has 0 aromatic heterocycles. The number of amides is 2. The number of carboxylic acid groups (broad SMARTS) is 1. The molecule has 0 aliphatic heterocycles. The Hall–Kier alpha value is -2.44. The minimum Gasteiger partial charge on any atom is -0.480 e. The van der Waals surface area contributed by atoms with Gasteiger partial charge in [0.25, 0.3) is 5.91 Å². The summed E-state index contributed by atoms with van der Waals surface area (Å²) in [6.07, 6.45) is 2.27. The molecule has 0 bridgehead atoms. The Morgan fingerprint density at radius 3 is 2.46 bits per heavy atom. The molecule has 2 N–H and O–H groups in total. The van der Waals surface area contributed by atoms with Crippen LogP contribution in [0, 0.1) is 5.82 Å². The maximum absolute atomic E-state index is 12.8. The van der Waals surface area contributed by atoms with Crippen molar-refractivity contribution in [1.82, 2.24) is 10.2 Å². The summed E-state index contributed by atoms with van der Waals surface area (Å²) in [5.74, 6) is -1.96. The molecule has 0 spiro atoms. The van der Waals surface area contributed by atoms with E-state index in [9.17, 15) is 18.8 Å². The first-order valence-electron chi connectivity index (χ1n) is 7.98. The fourth-order valence-electron chi connectivity index (χ4n) is 2.48. The lowest BCUT2D eigenvalue weighted by molar-refractivity contribution is -0.150. The molecule has 130 valence electrons. The summed E-state index contributed by atoms with van der Waals surface area (Å²) in [7, 11) is 0. The average molecular weight is 336 g/mol. The summed E-state index contributed by atoms with van der Waals surface area (Å²) in [4.78, 5) is 36.6.